The van der Waals surface area contributed by atoms with Gasteiger partial charge in [0.2, 0.25) is 0 Å². The lowest BCUT2D eigenvalue weighted by Gasteiger charge is -2.30. The number of carbonyl (C=O) groups is 1. The van der Waals surface area contributed by atoms with E-state index in [1.807, 2.05) is 20.8 Å². The van der Waals surface area contributed by atoms with Gasteiger partial charge in [0.1, 0.15) is 21.8 Å². The number of anilines is 1. The molecule has 3 heterocycles. The van der Waals surface area contributed by atoms with E-state index in [9.17, 15) is 23.1 Å². The SMILES string of the molecule is CC(O)Nc1sc2c(c1-c1nc3cc(C(F)(F)F)ccc3s1)CCN(C(=O)OC(C)(C)C)C2. The van der Waals surface area contributed by atoms with E-state index in [-0.39, 0.29) is 5.52 Å². The number of nitrogens with zero attached hydrogens (tertiary/aromatic N) is 2. The van der Waals surface area contributed by atoms with Crippen LogP contribution in [-0.4, -0.2) is 39.5 Å². The second kappa shape index (κ2) is 8.44. The summed E-state index contributed by atoms with van der Waals surface area (Å²) >= 11 is 2.71. The van der Waals surface area contributed by atoms with Crippen LogP contribution in [0.1, 0.15) is 43.7 Å². The van der Waals surface area contributed by atoms with Crippen LogP contribution < -0.4 is 5.32 Å². The number of aromatic nitrogens is 1. The monoisotopic (exact) mass is 499 g/mol. The number of hydrogen-bond acceptors (Lipinski definition) is 7. The first-order chi connectivity index (χ1) is 15.3. The van der Waals surface area contributed by atoms with Crippen molar-refractivity contribution in [3.8, 4) is 10.6 Å². The molecule has 0 radical (unpaired) electrons. The van der Waals surface area contributed by atoms with Gasteiger partial charge < -0.3 is 20.1 Å². The molecule has 178 valence electrons. The third-order valence-electron chi connectivity index (χ3n) is 4.98. The van der Waals surface area contributed by atoms with Crippen molar-refractivity contribution < 1.29 is 27.8 Å². The van der Waals surface area contributed by atoms with Gasteiger partial charge in [-0.25, -0.2) is 9.78 Å². The molecule has 4 rings (SSSR count). The Balaban J connectivity index is 1.73. The van der Waals surface area contributed by atoms with Crippen molar-refractivity contribution in [2.75, 3.05) is 11.9 Å². The molecule has 1 atom stereocenters. The molecule has 1 aliphatic heterocycles. The molecule has 1 aliphatic rings. The first kappa shape index (κ1) is 23.8. The molecular weight excluding hydrogens is 475 g/mol. The van der Waals surface area contributed by atoms with Crippen molar-refractivity contribution in [3.63, 3.8) is 0 Å². The summed E-state index contributed by atoms with van der Waals surface area (Å²) in [4.78, 5) is 19.6. The second-order valence-electron chi connectivity index (χ2n) is 8.88. The van der Waals surface area contributed by atoms with E-state index >= 15 is 0 Å². The van der Waals surface area contributed by atoms with Gasteiger partial charge in [0.15, 0.2) is 0 Å². The van der Waals surface area contributed by atoms with Gasteiger partial charge in [-0.15, -0.1) is 22.7 Å². The van der Waals surface area contributed by atoms with Crippen molar-refractivity contribution in [3.05, 3.63) is 34.2 Å². The molecule has 1 amide bonds. The maximum absolute atomic E-state index is 13.1. The van der Waals surface area contributed by atoms with Crippen molar-refractivity contribution in [2.24, 2.45) is 0 Å². The second-order valence-corrected chi connectivity index (χ2v) is 11.0. The minimum Gasteiger partial charge on any atom is -0.444 e. The number of amides is 1. The summed E-state index contributed by atoms with van der Waals surface area (Å²) in [6, 6.07) is 3.55. The van der Waals surface area contributed by atoms with Crippen molar-refractivity contribution in [2.45, 2.75) is 58.7 Å². The van der Waals surface area contributed by atoms with Gasteiger partial charge in [-0.05, 0) is 57.9 Å². The molecule has 3 aromatic rings. The third-order valence-corrected chi connectivity index (χ3v) is 7.18. The summed E-state index contributed by atoms with van der Waals surface area (Å²) in [5, 5.41) is 14.2. The fourth-order valence-corrected chi connectivity index (χ4v) is 6.05. The molecule has 0 aliphatic carbocycles. The Labute approximate surface area is 197 Å². The molecule has 0 fully saturated rings. The molecule has 0 spiro atoms. The maximum atomic E-state index is 13.1. The predicted molar refractivity (Wildman–Crippen MR) is 124 cm³/mol. The average Bonchev–Trinajstić information content (AvgIpc) is 3.24. The van der Waals surface area contributed by atoms with Crippen LogP contribution in [0.2, 0.25) is 0 Å². The Kier molecular flexibility index (Phi) is 6.08. The lowest BCUT2D eigenvalue weighted by Crippen LogP contribution is -2.39. The standard InChI is InChI=1S/C22H24F3N3O3S2/c1-11(29)26-18-17(19-27-14-9-12(22(23,24)25)5-6-15(14)32-19)13-7-8-28(10-16(13)33-18)20(30)31-21(2,3)4/h5-6,9,11,26,29H,7-8,10H2,1-4H3. The molecule has 2 N–H and O–H groups in total. The summed E-state index contributed by atoms with van der Waals surface area (Å²) in [6.07, 6.45) is -5.13. The number of benzene rings is 1. The number of thiophene rings is 1. The van der Waals surface area contributed by atoms with Crippen LogP contribution >= 0.6 is 22.7 Å². The van der Waals surface area contributed by atoms with Crippen LogP contribution in [0, 0.1) is 0 Å². The molecule has 0 bridgehead atoms. The topological polar surface area (TPSA) is 74.7 Å². The van der Waals surface area contributed by atoms with E-state index in [1.165, 1.54) is 28.7 Å². The first-order valence-corrected chi connectivity index (χ1v) is 12.0. The van der Waals surface area contributed by atoms with Crippen LogP contribution in [0.3, 0.4) is 0 Å². The number of hydrogen-bond donors (Lipinski definition) is 2. The molecule has 1 aromatic carbocycles. The molecule has 11 heteroatoms. The largest absolute Gasteiger partial charge is 0.444 e. The summed E-state index contributed by atoms with van der Waals surface area (Å²) in [7, 11) is 0. The van der Waals surface area contributed by atoms with Crippen LogP contribution in [0.5, 0.6) is 0 Å². The number of rotatable bonds is 3. The minimum atomic E-state index is -4.44. The van der Waals surface area contributed by atoms with E-state index in [1.54, 1.807) is 11.8 Å². The zero-order valence-electron chi connectivity index (χ0n) is 18.5. The Morgan fingerprint density at radius 1 is 1.27 bits per heavy atom. The van der Waals surface area contributed by atoms with E-state index in [0.29, 0.717) is 34.2 Å². The molecule has 0 saturated carbocycles. The van der Waals surface area contributed by atoms with E-state index in [2.05, 4.69) is 10.3 Å². The Bertz CT molecular complexity index is 1200. The van der Waals surface area contributed by atoms with E-state index in [0.717, 1.165) is 28.1 Å². The van der Waals surface area contributed by atoms with Crippen LogP contribution in [0.15, 0.2) is 18.2 Å². The van der Waals surface area contributed by atoms with Crippen molar-refractivity contribution >= 4 is 44.0 Å². The van der Waals surface area contributed by atoms with Gasteiger partial charge in [-0.3, -0.25) is 0 Å². The number of alkyl halides is 3. The highest BCUT2D eigenvalue weighted by atomic mass is 32.1. The van der Waals surface area contributed by atoms with Gasteiger partial charge in [0, 0.05) is 17.0 Å². The summed E-state index contributed by atoms with van der Waals surface area (Å²) in [5.74, 6) is 0. The molecule has 6 nitrogen and oxygen atoms in total. The van der Waals surface area contributed by atoms with Gasteiger partial charge in [-0.1, -0.05) is 0 Å². The van der Waals surface area contributed by atoms with Gasteiger partial charge in [0.05, 0.1) is 22.3 Å². The molecule has 0 saturated heterocycles. The minimum absolute atomic E-state index is 0.277. The van der Waals surface area contributed by atoms with Gasteiger partial charge in [-0.2, -0.15) is 13.2 Å². The molecular formula is C22H24F3N3O3S2. The molecule has 2 aromatic heterocycles. The van der Waals surface area contributed by atoms with Gasteiger partial charge >= 0.3 is 12.3 Å². The summed E-state index contributed by atoms with van der Waals surface area (Å²) < 4.78 is 45.5. The average molecular weight is 500 g/mol. The lowest BCUT2D eigenvalue weighted by atomic mass is 10.0. The summed E-state index contributed by atoms with van der Waals surface area (Å²) in [5.41, 5.74) is 0.689. The quantitative estimate of drug-likeness (QED) is 0.427. The number of fused-ring (bicyclic) bond motifs is 2. The van der Waals surface area contributed by atoms with Crippen molar-refractivity contribution in [1.82, 2.24) is 9.88 Å². The smallest absolute Gasteiger partial charge is 0.416 e. The normalized spacial score (nSPS) is 15.5. The van der Waals surface area contributed by atoms with Crippen LogP contribution in [0.25, 0.3) is 20.8 Å². The Morgan fingerprint density at radius 3 is 2.64 bits per heavy atom. The fourth-order valence-electron chi connectivity index (χ4n) is 3.61. The maximum Gasteiger partial charge on any atom is 0.416 e. The van der Waals surface area contributed by atoms with Crippen LogP contribution in [0.4, 0.5) is 23.0 Å². The Hall–Kier alpha value is -2.37. The highest BCUT2D eigenvalue weighted by Gasteiger charge is 2.33. The highest BCUT2D eigenvalue weighted by molar-refractivity contribution is 7.22. The highest BCUT2D eigenvalue weighted by Crippen LogP contribution is 2.46. The van der Waals surface area contributed by atoms with E-state index < -0.39 is 29.7 Å². The lowest BCUT2D eigenvalue weighted by molar-refractivity contribution is -0.137. The zero-order valence-corrected chi connectivity index (χ0v) is 20.2. The predicted octanol–water partition coefficient (Wildman–Crippen LogP) is 6.09. The van der Waals surface area contributed by atoms with Crippen LogP contribution in [-0.2, 0) is 23.9 Å². The van der Waals surface area contributed by atoms with E-state index in [4.69, 9.17) is 4.74 Å². The number of aliphatic hydroxyl groups excluding tert-OH is 1. The Morgan fingerprint density at radius 2 is 2.00 bits per heavy atom. The third kappa shape index (κ3) is 5.10. The number of aliphatic hydroxyl groups is 1. The van der Waals surface area contributed by atoms with Crippen molar-refractivity contribution in [1.29, 1.82) is 0 Å². The molecule has 1 unspecified atom stereocenters. The zero-order chi connectivity index (χ0) is 24.1. The van der Waals surface area contributed by atoms with Gasteiger partial charge in [0.25, 0.3) is 0 Å². The number of ether oxygens (including phenoxy) is 1. The first-order valence-electron chi connectivity index (χ1n) is 10.4. The number of thiazole rings is 1. The number of nitrogens with one attached hydrogen (secondary N) is 1. The number of carbonyl (C=O) groups excluding carboxylic acids is 1. The fraction of sp³-hybridized carbons (Fsp3) is 0.455. The molecule has 33 heavy (non-hydrogen) atoms. The summed E-state index contributed by atoms with van der Waals surface area (Å²) in [6.45, 7) is 7.82. The number of halogens is 3.